The number of rotatable bonds is 7. The number of aromatic nitrogens is 2. The van der Waals surface area contributed by atoms with Crippen LogP contribution in [0.15, 0.2) is 17.3 Å². The molecule has 21 heavy (non-hydrogen) atoms. The van der Waals surface area contributed by atoms with Crippen molar-refractivity contribution < 1.29 is 23.1 Å². The Kier molecular flexibility index (Phi) is 5.44. The van der Waals surface area contributed by atoms with E-state index in [1.165, 1.54) is 10.9 Å². The Morgan fingerprint density at radius 3 is 2.52 bits per heavy atom. The molecule has 0 bridgehead atoms. The first-order chi connectivity index (χ1) is 9.63. The van der Waals surface area contributed by atoms with Crippen molar-refractivity contribution in [2.75, 3.05) is 13.1 Å². The highest BCUT2D eigenvalue weighted by Gasteiger charge is 2.23. The minimum atomic E-state index is -3.85. The van der Waals surface area contributed by atoms with E-state index in [4.69, 9.17) is 5.11 Å². The Bertz CT molecular complexity index is 622. The minimum absolute atomic E-state index is 0.0628. The molecular weight excluding hydrogens is 300 g/mol. The van der Waals surface area contributed by atoms with Crippen LogP contribution in [-0.4, -0.2) is 59.2 Å². The van der Waals surface area contributed by atoms with Crippen LogP contribution >= 0.6 is 0 Å². The molecule has 0 fully saturated rings. The van der Waals surface area contributed by atoms with Crippen molar-refractivity contribution in [2.24, 2.45) is 7.05 Å². The van der Waals surface area contributed by atoms with Crippen molar-refractivity contribution >= 4 is 21.9 Å². The SMILES string of the molecule is CC(C)N(CC(=O)O)C(=O)CNS(=O)(=O)c1cnn(C)c1. The molecule has 1 heterocycles. The van der Waals surface area contributed by atoms with Gasteiger partial charge in [0.15, 0.2) is 0 Å². The summed E-state index contributed by atoms with van der Waals surface area (Å²) in [5.41, 5.74) is 0. The molecule has 2 N–H and O–H groups in total. The lowest BCUT2D eigenvalue weighted by Gasteiger charge is -2.24. The number of nitrogens with zero attached hydrogens (tertiary/aromatic N) is 3. The van der Waals surface area contributed by atoms with E-state index >= 15 is 0 Å². The molecule has 0 atom stereocenters. The molecule has 1 aromatic heterocycles. The predicted molar refractivity (Wildman–Crippen MR) is 72.9 cm³/mol. The van der Waals surface area contributed by atoms with Gasteiger partial charge in [-0.3, -0.25) is 14.3 Å². The molecule has 0 saturated carbocycles. The van der Waals surface area contributed by atoms with E-state index in [9.17, 15) is 18.0 Å². The lowest BCUT2D eigenvalue weighted by molar-refractivity contribution is -0.145. The Morgan fingerprint density at radius 2 is 2.10 bits per heavy atom. The normalized spacial score (nSPS) is 11.6. The largest absolute Gasteiger partial charge is 0.480 e. The minimum Gasteiger partial charge on any atom is -0.480 e. The van der Waals surface area contributed by atoms with E-state index in [2.05, 4.69) is 9.82 Å². The summed E-state index contributed by atoms with van der Waals surface area (Å²) < 4.78 is 27.3. The van der Waals surface area contributed by atoms with Crippen LogP contribution in [-0.2, 0) is 26.7 Å². The second-order valence-corrected chi connectivity index (χ2v) is 6.45. The fourth-order valence-corrected chi connectivity index (χ4v) is 2.54. The second-order valence-electron chi connectivity index (χ2n) is 4.68. The van der Waals surface area contributed by atoms with Gasteiger partial charge in [0.05, 0.1) is 12.7 Å². The van der Waals surface area contributed by atoms with Gasteiger partial charge in [0.2, 0.25) is 15.9 Å². The van der Waals surface area contributed by atoms with Gasteiger partial charge in [-0.1, -0.05) is 0 Å². The fourth-order valence-electron chi connectivity index (χ4n) is 1.58. The van der Waals surface area contributed by atoms with Crippen LogP contribution in [0, 0.1) is 0 Å². The first-order valence-electron chi connectivity index (χ1n) is 6.13. The van der Waals surface area contributed by atoms with Crippen LogP contribution < -0.4 is 4.72 Å². The Balaban J connectivity index is 2.72. The number of amides is 1. The monoisotopic (exact) mass is 318 g/mol. The summed E-state index contributed by atoms with van der Waals surface area (Å²) in [6.07, 6.45) is 2.45. The van der Waals surface area contributed by atoms with Gasteiger partial charge in [0, 0.05) is 19.3 Å². The molecule has 1 amide bonds. The highest BCUT2D eigenvalue weighted by Crippen LogP contribution is 2.06. The van der Waals surface area contributed by atoms with Crippen LogP contribution in [0.3, 0.4) is 0 Å². The molecule has 0 aromatic carbocycles. The van der Waals surface area contributed by atoms with Crippen molar-refractivity contribution in [3.05, 3.63) is 12.4 Å². The summed E-state index contributed by atoms with van der Waals surface area (Å²) in [6, 6.07) is -0.350. The number of hydrogen-bond acceptors (Lipinski definition) is 5. The van der Waals surface area contributed by atoms with E-state index in [1.54, 1.807) is 20.9 Å². The molecule has 1 aromatic rings. The van der Waals surface area contributed by atoms with E-state index in [0.717, 1.165) is 11.1 Å². The first kappa shape index (κ1) is 17.1. The molecule has 10 heteroatoms. The van der Waals surface area contributed by atoms with E-state index in [1.807, 2.05) is 0 Å². The molecule has 9 nitrogen and oxygen atoms in total. The second kappa shape index (κ2) is 6.68. The molecular formula is C11H18N4O5S. The van der Waals surface area contributed by atoms with Gasteiger partial charge < -0.3 is 10.0 Å². The summed E-state index contributed by atoms with van der Waals surface area (Å²) in [7, 11) is -2.28. The quantitative estimate of drug-likeness (QED) is 0.666. The summed E-state index contributed by atoms with van der Waals surface area (Å²) in [5.74, 6) is -1.77. The van der Waals surface area contributed by atoms with Crippen LogP contribution in [0.1, 0.15) is 13.8 Å². The average molecular weight is 318 g/mol. The lowest BCUT2D eigenvalue weighted by atomic mass is 10.3. The molecule has 118 valence electrons. The highest BCUT2D eigenvalue weighted by atomic mass is 32.2. The highest BCUT2D eigenvalue weighted by molar-refractivity contribution is 7.89. The number of aryl methyl sites for hydroxylation is 1. The fraction of sp³-hybridized carbons (Fsp3) is 0.545. The van der Waals surface area contributed by atoms with Crippen LogP contribution in [0.25, 0.3) is 0 Å². The molecule has 0 spiro atoms. The van der Waals surface area contributed by atoms with E-state index < -0.39 is 35.0 Å². The van der Waals surface area contributed by atoms with E-state index in [-0.39, 0.29) is 10.9 Å². The Hall–Kier alpha value is -1.94. The van der Waals surface area contributed by atoms with Crippen LogP contribution in [0.5, 0.6) is 0 Å². The summed E-state index contributed by atoms with van der Waals surface area (Å²) in [6.45, 7) is 2.31. The number of aliphatic carboxylic acids is 1. The summed E-state index contributed by atoms with van der Waals surface area (Å²) in [5, 5.41) is 12.5. The number of carbonyl (C=O) groups excluding carboxylic acids is 1. The van der Waals surface area contributed by atoms with Gasteiger partial charge in [-0.15, -0.1) is 0 Å². The molecule has 0 aliphatic carbocycles. The third kappa shape index (κ3) is 4.83. The van der Waals surface area contributed by atoms with Gasteiger partial charge >= 0.3 is 5.97 Å². The number of carboxylic acid groups (broad SMARTS) is 1. The molecule has 0 radical (unpaired) electrons. The number of carbonyl (C=O) groups is 2. The first-order valence-corrected chi connectivity index (χ1v) is 7.61. The molecule has 0 aliphatic heterocycles. The van der Waals surface area contributed by atoms with Crippen molar-refractivity contribution in [1.29, 1.82) is 0 Å². The number of carboxylic acids is 1. The van der Waals surface area contributed by atoms with Gasteiger partial charge in [-0.2, -0.15) is 5.10 Å². The van der Waals surface area contributed by atoms with Gasteiger partial charge in [-0.05, 0) is 13.8 Å². The van der Waals surface area contributed by atoms with Gasteiger partial charge in [0.25, 0.3) is 0 Å². The number of hydrogen-bond donors (Lipinski definition) is 2. The molecule has 0 aliphatic rings. The Morgan fingerprint density at radius 1 is 1.48 bits per heavy atom. The zero-order chi connectivity index (χ0) is 16.2. The summed E-state index contributed by atoms with van der Waals surface area (Å²) in [4.78, 5) is 23.6. The Labute approximate surface area is 122 Å². The van der Waals surface area contributed by atoms with Gasteiger partial charge in [-0.25, -0.2) is 13.1 Å². The topological polar surface area (TPSA) is 122 Å². The zero-order valence-electron chi connectivity index (χ0n) is 12.0. The maximum Gasteiger partial charge on any atom is 0.323 e. The molecule has 1 rings (SSSR count). The smallest absolute Gasteiger partial charge is 0.323 e. The summed E-state index contributed by atoms with van der Waals surface area (Å²) >= 11 is 0. The lowest BCUT2D eigenvalue weighted by Crippen LogP contribution is -2.45. The predicted octanol–water partition coefficient (Wildman–Crippen LogP) is -0.980. The third-order valence-electron chi connectivity index (χ3n) is 2.65. The van der Waals surface area contributed by atoms with Crippen LogP contribution in [0.4, 0.5) is 0 Å². The average Bonchev–Trinajstić information content (AvgIpc) is 2.80. The molecule has 0 unspecified atom stereocenters. The van der Waals surface area contributed by atoms with E-state index in [0.29, 0.717) is 0 Å². The maximum absolute atomic E-state index is 11.9. The molecule has 0 saturated heterocycles. The zero-order valence-corrected chi connectivity index (χ0v) is 12.8. The van der Waals surface area contributed by atoms with Crippen molar-refractivity contribution in [1.82, 2.24) is 19.4 Å². The van der Waals surface area contributed by atoms with Crippen molar-refractivity contribution in [2.45, 2.75) is 24.8 Å². The van der Waals surface area contributed by atoms with Crippen molar-refractivity contribution in [3.8, 4) is 0 Å². The third-order valence-corrected chi connectivity index (χ3v) is 4.01. The number of sulfonamides is 1. The standard InChI is InChI=1S/C11H18N4O5S/c1-8(2)15(7-11(17)18)10(16)5-13-21(19,20)9-4-12-14(3)6-9/h4,6,8,13H,5,7H2,1-3H3,(H,17,18). The van der Waals surface area contributed by atoms with Crippen molar-refractivity contribution in [3.63, 3.8) is 0 Å². The van der Waals surface area contributed by atoms with Crippen LogP contribution in [0.2, 0.25) is 0 Å². The maximum atomic E-state index is 11.9. The number of nitrogens with one attached hydrogen (secondary N) is 1. The van der Waals surface area contributed by atoms with Gasteiger partial charge in [0.1, 0.15) is 11.4 Å².